The van der Waals surface area contributed by atoms with Gasteiger partial charge < -0.3 is 14.8 Å². The van der Waals surface area contributed by atoms with Crippen LogP contribution >= 0.6 is 0 Å². The molecule has 0 amide bonds. The minimum Gasteiger partial charge on any atom is -0.496 e. The second-order valence-electron chi connectivity index (χ2n) is 6.89. The molecule has 1 heterocycles. The van der Waals surface area contributed by atoms with E-state index in [9.17, 15) is 0 Å². The number of hydrogen-bond acceptors (Lipinski definition) is 3. The molecule has 0 saturated carbocycles. The highest BCUT2D eigenvalue weighted by Crippen LogP contribution is 2.34. The highest BCUT2D eigenvalue weighted by atomic mass is 16.5. The number of methoxy groups -OCH3 is 1. The average molecular weight is 277 g/mol. The SMILES string of the molecule is COc1cc2c(cc1CNCCC(C)(C)C)OC(C)C2. The first-order valence-corrected chi connectivity index (χ1v) is 7.46. The van der Waals surface area contributed by atoms with E-state index in [4.69, 9.17) is 9.47 Å². The lowest BCUT2D eigenvalue weighted by molar-refractivity contribution is 0.254. The minimum atomic E-state index is 0.277. The van der Waals surface area contributed by atoms with E-state index in [1.54, 1.807) is 7.11 Å². The summed E-state index contributed by atoms with van der Waals surface area (Å²) in [7, 11) is 1.74. The number of ether oxygens (including phenoxy) is 2. The fourth-order valence-electron chi connectivity index (χ4n) is 2.50. The maximum absolute atomic E-state index is 5.82. The van der Waals surface area contributed by atoms with E-state index in [1.165, 1.54) is 11.1 Å². The van der Waals surface area contributed by atoms with Gasteiger partial charge in [0.1, 0.15) is 17.6 Å². The van der Waals surface area contributed by atoms with Crippen LogP contribution in [0.1, 0.15) is 45.2 Å². The summed E-state index contributed by atoms with van der Waals surface area (Å²) in [5.41, 5.74) is 2.80. The molecule has 1 atom stereocenters. The van der Waals surface area contributed by atoms with Crippen LogP contribution in [0.3, 0.4) is 0 Å². The molecule has 0 saturated heterocycles. The summed E-state index contributed by atoms with van der Waals surface area (Å²) >= 11 is 0. The lowest BCUT2D eigenvalue weighted by atomic mass is 9.92. The van der Waals surface area contributed by atoms with Gasteiger partial charge in [-0.25, -0.2) is 0 Å². The molecule has 1 aromatic carbocycles. The lowest BCUT2D eigenvalue weighted by Crippen LogP contribution is -2.20. The van der Waals surface area contributed by atoms with Crippen LogP contribution in [0.2, 0.25) is 0 Å². The molecule has 0 aromatic heterocycles. The van der Waals surface area contributed by atoms with E-state index < -0.39 is 0 Å². The Morgan fingerprint density at radius 2 is 2.10 bits per heavy atom. The molecule has 3 heteroatoms. The van der Waals surface area contributed by atoms with E-state index in [-0.39, 0.29) is 6.10 Å². The highest BCUT2D eigenvalue weighted by Gasteiger charge is 2.21. The third kappa shape index (κ3) is 3.89. The van der Waals surface area contributed by atoms with Gasteiger partial charge in [0.05, 0.1) is 7.11 Å². The zero-order chi connectivity index (χ0) is 14.8. The summed E-state index contributed by atoms with van der Waals surface area (Å²) in [6, 6.07) is 4.25. The fraction of sp³-hybridized carbons (Fsp3) is 0.647. The standard InChI is InChI=1S/C17H27NO2/c1-12-8-13-9-15(19-5)14(10-16(13)20-12)11-18-7-6-17(2,3)4/h9-10,12,18H,6-8,11H2,1-5H3. The quantitative estimate of drug-likeness (QED) is 0.835. The molecular formula is C17H27NO2. The van der Waals surface area contributed by atoms with Gasteiger partial charge in [0.25, 0.3) is 0 Å². The Bertz CT molecular complexity index is 463. The van der Waals surface area contributed by atoms with Gasteiger partial charge in [-0.3, -0.25) is 0 Å². The zero-order valence-corrected chi connectivity index (χ0v) is 13.4. The highest BCUT2D eigenvalue weighted by molar-refractivity contribution is 5.48. The predicted octanol–water partition coefficient (Wildman–Crippen LogP) is 3.54. The summed E-state index contributed by atoms with van der Waals surface area (Å²) in [5, 5.41) is 3.50. The number of benzene rings is 1. The van der Waals surface area contributed by atoms with Gasteiger partial charge in [-0.1, -0.05) is 20.8 Å². The second-order valence-corrected chi connectivity index (χ2v) is 6.89. The summed E-state index contributed by atoms with van der Waals surface area (Å²) in [5.74, 6) is 1.98. The summed E-state index contributed by atoms with van der Waals surface area (Å²) in [6.07, 6.45) is 2.41. The topological polar surface area (TPSA) is 30.5 Å². The normalized spacial score (nSPS) is 17.8. The first kappa shape index (κ1) is 15.2. The van der Waals surface area contributed by atoms with Gasteiger partial charge in [0, 0.05) is 24.1 Å². The van der Waals surface area contributed by atoms with Gasteiger partial charge in [-0.05, 0) is 37.4 Å². The Morgan fingerprint density at radius 1 is 1.35 bits per heavy atom. The number of hydrogen-bond donors (Lipinski definition) is 1. The van der Waals surface area contributed by atoms with Crippen molar-refractivity contribution in [2.75, 3.05) is 13.7 Å². The van der Waals surface area contributed by atoms with Crippen LogP contribution in [0.25, 0.3) is 0 Å². The van der Waals surface area contributed by atoms with E-state index in [2.05, 4.69) is 45.1 Å². The van der Waals surface area contributed by atoms with Crippen molar-refractivity contribution in [2.24, 2.45) is 5.41 Å². The third-order valence-electron chi connectivity index (χ3n) is 3.67. The van der Waals surface area contributed by atoms with Crippen molar-refractivity contribution < 1.29 is 9.47 Å². The predicted molar refractivity (Wildman–Crippen MR) is 82.6 cm³/mol. The maximum Gasteiger partial charge on any atom is 0.123 e. The van der Waals surface area contributed by atoms with E-state index in [0.717, 1.165) is 37.4 Å². The van der Waals surface area contributed by atoms with E-state index in [0.29, 0.717) is 5.41 Å². The van der Waals surface area contributed by atoms with Gasteiger partial charge >= 0.3 is 0 Å². The van der Waals surface area contributed by atoms with Crippen LogP contribution in [0.15, 0.2) is 12.1 Å². The van der Waals surface area contributed by atoms with Crippen molar-refractivity contribution in [1.29, 1.82) is 0 Å². The van der Waals surface area contributed by atoms with Gasteiger partial charge in [-0.2, -0.15) is 0 Å². The Morgan fingerprint density at radius 3 is 2.75 bits per heavy atom. The van der Waals surface area contributed by atoms with Crippen molar-refractivity contribution in [3.63, 3.8) is 0 Å². The summed E-state index contributed by atoms with van der Waals surface area (Å²) in [6.45, 7) is 10.7. The first-order valence-electron chi connectivity index (χ1n) is 7.46. The lowest BCUT2D eigenvalue weighted by Gasteiger charge is -2.18. The molecule has 2 rings (SSSR count). The number of rotatable bonds is 5. The van der Waals surface area contributed by atoms with Crippen molar-refractivity contribution in [1.82, 2.24) is 5.32 Å². The molecule has 0 aliphatic carbocycles. The van der Waals surface area contributed by atoms with E-state index in [1.807, 2.05) is 0 Å². The van der Waals surface area contributed by atoms with Gasteiger partial charge in [0.15, 0.2) is 0 Å². The molecule has 112 valence electrons. The molecule has 3 nitrogen and oxygen atoms in total. The molecule has 1 aliphatic rings. The van der Waals surface area contributed by atoms with Crippen LogP contribution in [0.5, 0.6) is 11.5 Å². The van der Waals surface area contributed by atoms with Crippen LogP contribution in [0, 0.1) is 5.41 Å². The Labute approximate surface area is 122 Å². The summed E-state index contributed by atoms with van der Waals surface area (Å²) < 4.78 is 11.3. The Balaban J connectivity index is 1.99. The van der Waals surface area contributed by atoms with Crippen molar-refractivity contribution in [3.8, 4) is 11.5 Å². The molecule has 0 bridgehead atoms. The monoisotopic (exact) mass is 277 g/mol. The number of fused-ring (bicyclic) bond motifs is 1. The first-order chi connectivity index (χ1) is 9.39. The number of nitrogens with one attached hydrogen (secondary N) is 1. The molecule has 0 radical (unpaired) electrons. The van der Waals surface area contributed by atoms with Crippen LogP contribution in [-0.4, -0.2) is 19.8 Å². The molecule has 0 spiro atoms. The zero-order valence-electron chi connectivity index (χ0n) is 13.4. The fourth-order valence-corrected chi connectivity index (χ4v) is 2.50. The van der Waals surface area contributed by atoms with Gasteiger partial charge in [0.2, 0.25) is 0 Å². The van der Waals surface area contributed by atoms with Crippen molar-refractivity contribution >= 4 is 0 Å². The molecule has 1 aliphatic heterocycles. The molecule has 20 heavy (non-hydrogen) atoms. The molecular weight excluding hydrogens is 250 g/mol. The average Bonchev–Trinajstić information content (AvgIpc) is 2.71. The van der Waals surface area contributed by atoms with Crippen LogP contribution in [-0.2, 0) is 13.0 Å². The second kappa shape index (κ2) is 6.04. The molecule has 1 unspecified atom stereocenters. The van der Waals surface area contributed by atoms with Crippen molar-refractivity contribution in [3.05, 3.63) is 23.3 Å². The largest absolute Gasteiger partial charge is 0.496 e. The van der Waals surface area contributed by atoms with Gasteiger partial charge in [-0.15, -0.1) is 0 Å². The Hall–Kier alpha value is -1.22. The van der Waals surface area contributed by atoms with Crippen molar-refractivity contribution in [2.45, 2.75) is 53.2 Å². The Kier molecular flexibility index (Phi) is 4.59. The van der Waals surface area contributed by atoms with Crippen LogP contribution in [0.4, 0.5) is 0 Å². The van der Waals surface area contributed by atoms with Crippen LogP contribution < -0.4 is 14.8 Å². The molecule has 1 N–H and O–H groups in total. The summed E-state index contributed by atoms with van der Waals surface area (Å²) in [4.78, 5) is 0. The molecule has 1 aromatic rings. The smallest absolute Gasteiger partial charge is 0.123 e. The maximum atomic E-state index is 5.82. The minimum absolute atomic E-state index is 0.277. The molecule has 0 fully saturated rings. The third-order valence-corrected chi connectivity index (χ3v) is 3.67. The van der Waals surface area contributed by atoms with E-state index >= 15 is 0 Å².